The summed E-state index contributed by atoms with van der Waals surface area (Å²) in [6.07, 6.45) is 0.965. The van der Waals surface area contributed by atoms with Gasteiger partial charge in [-0.05, 0) is 44.5 Å². The lowest BCUT2D eigenvalue weighted by Gasteiger charge is -2.15. The van der Waals surface area contributed by atoms with Crippen LogP contribution < -0.4 is 16.0 Å². The Morgan fingerprint density at radius 3 is 2.64 bits per heavy atom. The van der Waals surface area contributed by atoms with Gasteiger partial charge in [0.25, 0.3) is 5.56 Å². The molecule has 1 aromatic carbocycles. The number of nitrogens with two attached hydrogens (primary N) is 1. The second-order valence-electron chi connectivity index (χ2n) is 5.39. The Morgan fingerprint density at radius 1 is 1.23 bits per heavy atom. The second-order valence-corrected chi connectivity index (χ2v) is 5.39. The molecule has 0 spiro atoms. The van der Waals surface area contributed by atoms with Crippen LogP contribution in [0.2, 0.25) is 0 Å². The van der Waals surface area contributed by atoms with Crippen LogP contribution in [0.25, 0.3) is 11.3 Å². The van der Waals surface area contributed by atoms with Gasteiger partial charge in [-0.25, -0.2) is 0 Å². The van der Waals surface area contributed by atoms with E-state index in [4.69, 9.17) is 10.5 Å². The van der Waals surface area contributed by atoms with E-state index < -0.39 is 0 Å². The highest BCUT2D eigenvalue weighted by Gasteiger charge is 2.12. The molecule has 1 aromatic heterocycles. The summed E-state index contributed by atoms with van der Waals surface area (Å²) in [6, 6.07) is 11.4. The van der Waals surface area contributed by atoms with Crippen molar-refractivity contribution in [1.29, 1.82) is 0 Å². The average molecular weight is 300 g/mol. The molecule has 0 saturated carbocycles. The molecule has 1 atom stereocenters. The van der Waals surface area contributed by atoms with Crippen molar-refractivity contribution in [2.45, 2.75) is 39.8 Å². The molecular formula is C18H24N2O2. The van der Waals surface area contributed by atoms with Crippen molar-refractivity contribution < 1.29 is 4.74 Å². The normalized spacial score (nSPS) is 12.2. The molecule has 0 fully saturated rings. The molecule has 4 nitrogen and oxygen atoms in total. The van der Waals surface area contributed by atoms with Crippen LogP contribution >= 0.6 is 0 Å². The fourth-order valence-electron chi connectivity index (χ4n) is 2.47. The highest BCUT2D eigenvalue weighted by atomic mass is 16.5. The number of ether oxygens (including phenoxy) is 1. The Kier molecular flexibility index (Phi) is 5.39. The molecule has 0 aliphatic carbocycles. The zero-order valence-corrected chi connectivity index (χ0v) is 13.5. The topological polar surface area (TPSA) is 57.2 Å². The Bertz CT molecular complexity index is 690. The lowest BCUT2D eigenvalue weighted by Crippen LogP contribution is -2.27. The van der Waals surface area contributed by atoms with E-state index in [9.17, 15) is 4.79 Å². The van der Waals surface area contributed by atoms with Crippen molar-refractivity contribution >= 4 is 0 Å². The van der Waals surface area contributed by atoms with Crippen LogP contribution in [0, 0.1) is 0 Å². The van der Waals surface area contributed by atoms with E-state index in [1.165, 1.54) is 0 Å². The number of aromatic nitrogens is 1. The van der Waals surface area contributed by atoms with Gasteiger partial charge in [0.15, 0.2) is 0 Å². The van der Waals surface area contributed by atoms with Gasteiger partial charge >= 0.3 is 0 Å². The molecular weight excluding hydrogens is 276 g/mol. The van der Waals surface area contributed by atoms with Gasteiger partial charge in [0, 0.05) is 23.7 Å². The Hall–Kier alpha value is -2.07. The summed E-state index contributed by atoms with van der Waals surface area (Å²) < 4.78 is 7.44. The lowest BCUT2D eigenvalue weighted by molar-refractivity contribution is 0.317. The van der Waals surface area contributed by atoms with E-state index in [0.717, 1.165) is 23.4 Å². The fourth-order valence-corrected chi connectivity index (χ4v) is 2.47. The summed E-state index contributed by atoms with van der Waals surface area (Å²) in [6.45, 7) is 7.16. The zero-order valence-electron chi connectivity index (χ0n) is 13.5. The highest BCUT2D eigenvalue weighted by molar-refractivity contribution is 5.62. The highest BCUT2D eigenvalue weighted by Crippen LogP contribution is 2.24. The van der Waals surface area contributed by atoms with Gasteiger partial charge in [-0.15, -0.1) is 0 Å². The second kappa shape index (κ2) is 7.27. The standard InChI is InChI=1S/C18H24N2O2/c1-4-11-22-15-8-6-7-14(12-15)17-10-9-16(13(3)19)18(21)20(17)5-2/h6-10,12-13H,4-5,11,19H2,1-3H3. The van der Waals surface area contributed by atoms with Gasteiger partial charge in [-0.2, -0.15) is 0 Å². The summed E-state index contributed by atoms with van der Waals surface area (Å²) >= 11 is 0. The van der Waals surface area contributed by atoms with Gasteiger partial charge in [0.2, 0.25) is 0 Å². The van der Waals surface area contributed by atoms with Crippen molar-refractivity contribution in [1.82, 2.24) is 4.57 Å². The summed E-state index contributed by atoms with van der Waals surface area (Å²) in [7, 11) is 0. The predicted octanol–water partition coefficient (Wildman–Crippen LogP) is 3.34. The van der Waals surface area contributed by atoms with E-state index in [2.05, 4.69) is 6.92 Å². The van der Waals surface area contributed by atoms with Crippen LogP contribution in [0.5, 0.6) is 5.75 Å². The number of rotatable bonds is 6. The Balaban J connectivity index is 2.48. The number of hydrogen-bond donors (Lipinski definition) is 1. The van der Waals surface area contributed by atoms with Crippen molar-refractivity contribution in [3.05, 3.63) is 52.3 Å². The van der Waals surface area contributed by atoms with Crippen LogP contribution in [0.1, 0.15) is 38.8 Å². The molecule has 2 rings (SSSR count). The van der Waals surface area contributed by atoms with Crippen molar-refractivity contribution in [2.24, 2.45) is 5.73 Å². The number of pyridine rings is 1. The SMILES string of the molecule is CCCOc1cccc(-c2ccc(C(C)N)c(=O)n2CC)c1. The smallest absolute Gasteiger partial charge is 0.255 e. The molecule has 1 heterocycles. The Labute approximate surface area is 131 Å². The molecule has 0 aliphatic heterocycles. The third-order valence-electron chi connectivity index (χ3n) is 3.61. The first-order valence-corrected chi connectivity index (χ1v) is 7.81. The van der Waals surface area contributed by atoms with Crippen LogP contribution in [0.4, 0.5) is 0 Å². The number of nitrogens with zero attached hydrogens (tertiary/aromatic N) is 1. The van der Waals surface area contributed by atoms with Crippen LogP contribution in [0.15, 0.2) is 41.2 Å². The third-order valence-corrected chi connectivity index (χ3v) is 3.61. The van der Waals surface area contributed by atoms with Crippen LogP contribution in [-0.4, -0.2) is 11.2 Å². The molecule has 0 amide bonds. The molecule has 0 aliphatic rings. The summed E-state index contributed by atoms with van der Waals surface area (Å²) in [5.74, 6) is 0.825. The predicted molar refractivity (Wildman–Crippen MR) is 90.2 cm³/mol. The minimum atomic E-state index is -0.265. The van der Waals surface area contributed by atoms with Gasteiger partial charge < -0.3 is 15.0 Å². The maximum absolute atomic E-state index is 12.5. The maximum atomic E-state index is 12.5. The van der Waals surface area contributed by atoms with Crippen molar-refractivity contribution in [2.75, 3.05) is 6.61 Å². The molecule has 0 radical (unpaired) electrons. The molecule has 4 heteroatoms. The summed E-state index contributed by atoms with van der Waals surface area (Å²) in [4.78, 5) is 12.5. The Morgan fingerprint density at radius 2 is 2.00 bits per heavy atom. The first kappa shape index (κ1) is 16.3. The van der Waals surface area contributed by atoms with Gasteiger partial charge in [-0.1, -0.05) is 19.1 Å². The molecule has 1 unspecified atom stereocenters. The quantitative estimate of drug-likeness (QED) is 0.890. The number of hydrogen-bond acceptors (Lipinski definition) is 3. The maximum Gasteiger partial charge on any atom is 0.255 e. The van der Waals surface area contributed by atoms with E-state index in [-0.39, 0.29) is 11.6 Å². The van der Waals surface area contributed by atoms with E-state index in [1.54, 1.807) is 4.57 Å². The summed E-state index contributed by atoms with van der Waals surface area (Å²) in [5, 5.41) is 0. The van der Waals surface area contributed by atoms with E-state index in [0.29, 0.717) is 18.7 Å². The van der Waals surface area contributed by atoms with Crippen LogP contribution in [-0.2, 0) is 6.54 Å². The lowest BCUT2D eigenvalue weighted by atomic mass is 10.1. The molecule has 0 bridgehead atoms. The largest absolute Gasteiger partial charge is 0.494 e. The van der Waals surface area contributed by atoms with E-state index >= 15 is 0 Å². The first-order valence-electron chi connectivity index (χ1n) is 7.81. The summed E-state index contributed by atoms with van der Waals surface area (Å²) in [5.41, 5.74) is 8.36. The van der Waals surface area contributed by atoms with Gasteiger partial charge in [-0.3, -0.25) is 4.79 Å². The zero-order chi connectivity index (χ0) is 16.1. The molecule has 0 saturated heterocycles. The third kappa shape index (κ3) is 3.39. The van der Waals surface area contributed by atoms with Gasteiger partial charge in [0.05, 0.1) is 12.3 Å². The van der Waals surface area contributed by atoms with Crippen molar-refractivity contribution in [3.63, 3.8) is 0 Å². The molecule has 22 heavy (non-hydrogen) atoms. The molecule has 2 N–H and O–H groups in total. The monoisotopic (exact) mass is 300 g/mol. The first-order chi connectivity index (χ1) is 10.6. The molecule has 2 aromatic rings. The van der Waals surface area contributed by atoms with E-state index in [1.807, 2.05) is 50.2 Å². The minimum absolute atomic E-state index is 0.0186. The minimum Gasteiger partial charge on any atom is -0.494 e. The van der Waals surface area contributed by atoms with Crippen molar-refractivity contribution in [3.8, 4) is 17.0 Å². The average Bonchev–Trinajstić information content (AvgIpc) is 2.52. The molecule has 118 valence electrons. The van der Waals surface area contributed by atoms with Gasteiger partial charge in [0.1, 0.15) is 5.75 Å². The van der Waals surface area contributed by atoms with Crippen LogP contribution in [0.3, 0.4) is 0 Å². The number of benzene rings is 1. The fraction of sp³-hybridized carbons (Fsp3) is 0.389.